The van der Waals surface area contributed by atoms with E-state index in [9.17, 15) is 43.0 Å². The molecule has 5 fully saturated rings. The molecule has 1 heterocycles. The normalized spacial score (nSPS) is 46.4. The van der Waals surface area contributed by atoms with E-state index in [0.29, 0.717) is 31.6 Å². The second kappa shape index (κ2) is 13.5. The first kappa shape index (κ1) is 35.9. The van der Waals surface area contributed by atoms with Gasteiger partial charge in [-0.3, -0.25) is 14.1 Å². The number of aliphatic hydroxyl groups excluding tert-OH is 3. The highest BCUT2D eigenvalue weighted by atomic mass is 32.3. The number of aliphatic carboxylic acids is 1. The first-order valence-corrected chi connectivity index (χ1v) is 18.3. The number of carbonyl (C=O) groups is 2. The molecular formula is C32H53NO12S. The largest absolute Gasteiger partial charge is 0.481 e. The maximum absolute atomic E-state index is 12.2. The van der Waals surface area contributed by atoms with E-state index in [1.807, 2.05) is 0 Å². The maximum atomic E-state index is 12.2. The molecule has 15 atom stereocenters. The van der Waals surface area contributed by atoms with Gasteiger partial charge in [0.05, 0.1) is 18.8 Å². The molecule has 1 aliphatic heterocycles. The van der Waals surface area contributed by atoms with Crippen LogP contribution in [0, 0.1) is 46.3 Å². The number of hydrogen-bond acceptors (Lipinski definition) is 10. The van der Waals surface area contributed by atoms with Gasteiger partial charge in [0.15, 0.2) is 6.29 Å². The molecule has 5 rings (SSSR count). The fourth-order valence-corrected chi connectivity index (χ4v) is 11.4. The molecule has 0 aromatic heterocycles. The maximum Gasteiger partial charge on any atom is 0.397 e. The van der Waals surface area contributed by atoms with Crippen molar-refractivity contribution in [3.8, 4) is 0 Å². The van der Waals surface area contributed by atoms with Crippen LogP contribution < -0.4 is 5.32 Å². The van der Waals surface area contributed by atoms with Crippen molar-refractivity contribution >= 4 is 22.3 Å². The quantitative estimate of drug-likeness (QED) is 0.146. The predicted molar refractivity (Wildman–Crippen MR) is 163 cm³/mol. The Balaban J connectivity index is 1.37. The Morgan fingerprint density at radius 1 is 1.02 bits per heavy atom. The minimum absolute atomic E-state index is 0.0118. The first-order valence-electron chi connectivity index (χ1n) is 16.9. The summed E-state index contributed by atoms with van der Waals surface area (Å²) in [6.07, 6.45) is 0.659. The van der Waals surface area contributed by atoms with Gasteiger partial charge in [-0.25, -0.2) is 4.18 Å². The van der Waals surface area contributed by atoms with Crippen LogP contribution in [0.5, 0.6) is 0 Å². The van der Waals surface area contributed by atoms with Crippen LogP contribution in [0.25, 0.3) is 0 Å². The Morgan fingerprint density at radius 2 is 1.70 bits per heavy atom. The highest BCUT2D eigenvalue weighted by Crippen LogP contribution is 2.69. The van der Waals surface area contributed by atoms with Crippen molar-refractivity contribution in [2.45, 2.75) is 135 Å². The summed E-state index contributed by atoms with van der Waals surface area (Å²) >= 11 is 0. The van der Waals surface area contributed by atoms with Gasteiger partial charge in [0.1, 0.15) is 24.4 Å². The summed E-state index contributed by atoms with van der Waals surface area (Å²) in [7, 11) is -4.74. The number of carbonyl (C=O) groups excluding carboxylic acids is 1. The van der Waals surface area contributed by atoms with E-state index in [1.54, 1.807) is 0 Å². The molecule has 0 spiro atoms. The Labute approximate surface area is 271 Å². The topological polar surface area (TPSA) is 209 Å². The predicted octanol–water partition coefficient (Wildman–Crippen LogP) is 2.27. The lowest BCUT2D eigenvalue weighted by atomic mass is 9.43. The summed E-state index contributed by atoms with van der Waals surface area (Å²) in [5, 5.41) is 42.7. The minimum atomic E-state index is -4.74. The molecule has 264 valence electrons. The van der Waals surface area contributed by atoms with E-state index in [-0.39, 0.29) is 52.9 Å². The van der Waals surface area contributed by atoms with Crippen molar-refractivity contribution in [3.05, 3.63) is 0 Å². The van der Waals surface area contributed by atoms with Gasteiger partial charge in [0.25, 0.3) is 0 Å². The zero-order valence-electron chi connectivity index (χ0n) is 27.3. The Hall–Kier alpha value is -1.39. The molecule has 13 nitrogen and oxygen atoms in total. The zero-order valence-corrected chi connectivity index (χ0v) is 28.1. The Bertz CT molecular complexity index is 1230. The highest BCUT2D eigenvalue weighted by Gasteiger charge is 2.64. The van der Waals surface area contributed by atoms with Gasteiger partial charge >= 0.3 is 16.4 Å². The number of carboxylic acids is 1. The van der Waals surface area contributed by atoms with Crippen LogP contribution in [-0.4, -0.2) is 94.7 Å². The lowest BCUT2D eigenvalue weighted by molar-refractivity contribution is -0.289. The third-order valence-electron chi connectivity index (χ3n) is 13.0. The molecule has 0 aromatic carbocycles. The van der Waals surface area contributed by atoms with Gasteiger partial charge in [-0.2, -0.15) is 8.42 Å². The van der Waals surface area contributed by atoms with E-state index in [2.05, 4.69) is 26.1 Å². The molecule has 0 unspecified atom stereocenters. The van der Waals surface area contributed by atoms with E-state index >= 15 is 0 Å². The van der Waals surface area contributed by atoms with Gasteiger partial charge in [-0.15, -0.1) is 0 Å². The third-order valence-corrected chi connectivity index (χ3v) is 13.5. The molecule has 0 aromatic rings. The van der Waals surface area contributed by atoms with E-state index in [4.69, 9.17) is 13.7 Å². The Kier molecular flexibility index (Phi) is 10.5. The second-order valence-electron chi connectivity index (χ2n) is 15.4. The molecule has 0 radical (unpaired) electrons. The van der Waals surface area contributed by atoms with Crippen molar-refractivity contribution in [3.63, 3.8) is 0 Å². The molecule has 0 bridgehead atoms. The summed E-state index contributed by atoms with van der Waals surface area (Å²) in [6.45, 7) is 7.43. The number of carboxylic acid groups (broad SMARTS) is 1. The van der Waals surface area contributed by atoms with E-state index in [0.717, 1.165) is 32.1 Å². The van der Waals surface area contributed by atoms with Crippen molar-refractivity contribution in [2.24, 2.45) is 46.3 Å². The SMILES string of the molecule is CC(=O)N[C@H]1[C@H](O[C@@H]2CC[C@@]3(C)[C@@H](C2)C[C@H](OS(=O)(=O)O)[C@@H]2[C@@H]3CC[C@]3(C)[C@@H]([C@H](C)CCC(=O)O)CC[C@@H]23)O[C@H](CO)[C@@H](O)[C@@H]1O. The highest BCUT2D eigenvalue weighted by molar-refractivity contribution is 7.80. The number of amides is 1. The minimum Gasteiger partial charge on any atom is -0.481 e. The van der Waals surface area contributed by atoms with Gasteiger partial charge in [0.2, 0.25) is 5.91 Å². The van der Waals surface area contributed by atoms with Gasteiger partial charge < -0.3 is 35.2 Å². The first-order chi connectivity index (χ1) is 21.5. The lowest BCUT2D eigenvalue weighted by Crippen LogP contribution is -2.65. The molecule has 1 saturated heterocycles. The van der Waals surface area contributed by atoms with Crippen LogP contribution in [0.15, 0.2) is 0 Å². The van der Waals surface area contributed by atoms with Gasteiger partial charge in [0, 0.05) is 13.3 Å². The zero-order chi connectivity index (χ0) is 33.8. The van der Waals surface area contributed by atoms with Crippen LogP contribution in [-0.2, 0) is 33.6 Å². The number of fused-ring (bicyclic) bond motifs is 5. The number of rotatable bonds is 10. The van der Waals surface area contributed by atoms with Crippen molar-refractivity contribution < 1.29 is 56.6 Å². The standard InChI is InChI=1S/C32H53NO12S/c1-16(5-8-25(36)37)20-6-7-21-26-22(10-12-32(20,21)4)31(3)11-9-19(13-18(31)14-23(26)45-46(40,41)42)43-30-27(33-17(2)35)29(39)28(38)24(15-34)44-30/h16,18-24,26-30,34,38-39H,5-15H2,1-4H3,(H,33,35)(H,36,37)(H,40,41,42)/t16-,18+,19-,20-,21+,22+,23+,24-,26+,27-,28-,29-,30-,31+,32-/m1/s1. The fourth-order valence-electron chi connectivity index (χ4n) is 10.8. The number of ether oxygens (including phenoxy) is 2. The number of nitrogens with one attached hydrogen (secondary N) is 1. The van der Waals surface area contributed by atoms with Gasteiger partial charge in [-0.05, 0) is 104 Å². The Morgan fingerprint density at radius 3 is 2.33 bits per heavy atom. The average Bonchev–Trinajstić information content (AvgIpc) is 3.32. The summed E-state index contributed by atoms with van der Waals surface area (Å²) < 4.78 is 52.0. The molecule has 5 aliphatic rings. The summed E-state index contributed by atoms with van der Waals surface area (Å²) in [5.41, 5.74) is -0.235. The van der Waals surface area contributed by atoms with Crippen molar-refractivity contribution in [1.29, 1.82) is 0 Å². The van der Waals surface area contributed by atoms with E-state index in [1.165, 1.54) is 6.92 Å². The summed E-state index contributed by atoms with van der Waals surface area (Å²) in [5.74, 6) is -0.459. The van der Waals surface area contributed by atoms with Crippen LogP contribution >= 0.6 is 0 Å². The number of aliphatic hydroxyl groups is 3. The van der Waals surface area contributed by atoms with Gasteiger partial charge in [-0.1, -0.05) is 20.8 Å². The molecular weight excluding hydrogens is 622 g/mol. The second-order valence-corrected chi connectivity index (χ2v) is 16.4. The van der Waals surface area contributed by atoms with E-state index < -0.39 is 65.6 Å². The lowest BCUT2D eigenvalue weighted by Gasteiger charge is -2.63. The van der Waals surface area contributed by atoms with Crippen LogP contribution in [0.1, 0.15) is 91.9 Å². The van der Waals surface area contributed by atoms with Crippen LogP contribution in [0.3, 0.4) is 0 Å². The molecule has 14 heteroatoms. The molecule has 46 heavy (non-hydrogen) atoms. The molecule has 1 amide bonds. The smallest absolute Gasteiger partial charge is 0.397 e. The summed E-state index contributed by atoms with van der Waals surface area (Å²) in [4.78, 5) is 23.2. The third kappa shape index (κ3) is 6.87. The molecule has 4 aliphatic carbocycles. The van der Waals surface area contributed by atoms with Crippen molar-refractivity contribution in [1.82, 2.24) is 5.32 Å². The van der Waals surface area contributed by atoms with Crippen LogP contribution in [0.4, 0.5) is 0 Å². The number of hydrogen-bond donors (Lipinski definition) is 6. The summed E-state index contributed by atoms with van der Waals surface area (Å²) in [6, 6.07) is -1.06. The fraction of sp³-hybridized carbons (Fsp3) is 0.938. The molecule has 6 N–H and O–H groups in total. The molecule has 4 saturated carbocycles. The monoisotopic (exact) mass is 675 g/mol. The van der Waals surface area contributed by atoms with Crippen molar-refractivity contribution in [2.75, 3.05) is 6.61 Å². The van der Waals surface area contributed by atoms with Crippen LogP contribution in [0.2, 0.25) is 0 Å². The average molecular weight is 676 g/mol.